The summed E-state index contributed by atoms with van der Waals surface area (Å²) in [6.45, 7) is 0. The predicted octanol–water partition coefficient (Wildman–Crippen LogP) is 5.72. The number of ketones is 1. The number of hydrogen-bond acceptors (Lipinski definition) is 1. The van der Waals surface area contributed by atoms with Gasteiger partial charge in [-0.05, 0) is 56.4 Å². The first-order valence-electron chi connectivity index (χ1n) is 8.53. The van der Waals surface area contributed by atoms with Gasteiger partial charge in [-0.25, -0.2) is 0 Å². The van der Waals surface area contributed by atoms with Gasteiger partial charge >= 0.3 is 0 Å². The third kappa shape index (κ3) is 2.20. The molecule has 0 saturated carbocycles. The van der Waals surface area contributed by atoms with Crippen LogP contribution in [0.15, 0.2) is 84.9 Å². The minimum atomic E-state index is -0.240. The van der Waals surface area contributed by atoms with Crippen molar-refractivity contribution in [1.82, 2.24) is 0 Å². The van der Waals surface area contributed by atoms with Crippen molar-refractivity contribution >= 4 is 33.4 Å². The van der Waals surface area contributed by atoms with Crippen LogP contribution in [0.25, 0.3) is 27.6 Å². The first kappa shape index (κ1) is 14.2. The highest BCUT2D eigenvalue weighted by Crippen LogP contribution is 2.38. The molecule has 1 aliphatic rings. The molecule has 0 aromatic heterocycles. The lowest BCUT2D eigenvalue weighted by atomic mass is 9.79. The Morgan fingerprint density at radius 2 is 1.28 bits per heavy atom. The van der Waals surface area contributed by atoms with E-state index in [4.69, 9.17) is 0 Å². The standard InChI is InChI=1S/C24H16O/c25-23-13-12-19-14-17-7-1-2-8-18(17)15-22(19)24(23)21-11-5-9-16-6-3-4-10-20(16)21/h1-15,24H. The molecule has 118 valence electrons. The van der Waals surface area contributed by atoms with Crippen molar-refractivity contribution in [1.29, 1.82) is 0 Å². The van der Waals surface area contributed by atoms with Gasteiger partial charge in [-0.3, -0.25) is 4.79 Å². The SMILES string of the molecule is O=C1C=Cc2cc3ccccc3cc2C1c1cccc2ccccc12. The Balaban J connectivity index is 1.81. The van der Waals surface area contributed by atoms with Gasteiger partial charge in [-0.2, -0.15) is 0 Å². The van der Waals surface area contributed by atoms with Crippen LogP contribution in [0.1, 0.15) is 22.6 Å². The summed E-state index contributed by atoms with van der Waals surface area (Å²) in [5.41, 5.74) is 3.32. The van der Waals surface area contributed by atoms with Gasteiger partial charge in [0.1, 0.15) is 0 Å². The average molecular weight is 320 g/mol. The van der Waals surface area contributed by atoms with E-state index in [1.54, 1.807) is 6.08 Å². The fourth-order valence-corrected chi connectivity index (χ4v) is 3.91. The second kappa shape index (κ2) is 5.42. The van der Waals surface area contributed by atoms with Crippen molar-refractivity contribution in [2.45, 2.75) is 5.92 Å². The Labute approximate surface area is 146 Å². The number of hydrogen-bond donors (Lipinski definition) is 0. The molecular weight excluding hydrogens is 304 g/mol. The van der Waals surface area contributed by atoms with E-state index in [1.165, 1.54) is 16.2 Å². The van der Waals surface area contributed by atoms with E-state index in [1.807, 2.05) is 30.3 Å². The summed E-state index contributed by atoms with van der Waals surface area (Å²) in [7, 11) is 0. The summed E-state index contributed by atoms with van der Waals surface area (Å²) in [5.74, 6) is -0.0881. The maximum Gasteiger partial charge on any atom is 0.167 e. The van der Waals surface area contributed by atoms with E-state index < -0.39 is 0 Å². The van der Waals surface area contributed by atoms with E-state index in [0.717, 1.165) is 22.1 Å². The van der Waals surface area contributed by atoms with Crippen molar-refractivity contribution in [3.63, 3.8) is 0 Å². The number of carbonyl (C=O) groups excluding carboxylic acids is 1. The molecule has 0 radical (unpaired) electrons. The van der Waals surface area contributed by atoms with Crippen molar-refractivity contribution < 1.29 is 4.79 Å². The Morgan fingerprint density at radius 3 is 2.12 bits per heavy atom. The topological polar surface area (TPSA) is 17.1 Å². The molecule has 1 nitrogen and oxygen atoms in total. The van der Waals surface area contributed by atoms with Crippen LogP contribution in [-0.4, -0.2) is 5.78 Å². The van der Waals surface area contributed by atoms with Gasteiger partial charge in [-0.1, -0.05) is 72.8 Å². The second-order valence-electron chi connectivity index (χ2n) is 6.57. The molecule has 0 N–H and O–H groups in total. The van der Waals surface area contributed by atoms with Gasteiger partial charge in [0.05, 0.1) is 5.92 Å². The predicted molar refractivity (Wildman–Crippen MR) is 104 cm³/mol. The lowest BCUT2D eigenvalue weighted by molar-refractivity contribution is -0.115. The lowest BCUT2D eigenvalue weighted by Gasteiger charge is -2.23. The molecule has 1 unspecified atom stereocenters. The van der Waals surface area contributed by atoms with E-state index in [-0.39, 0.29) is 11.7 Å². The summed E-state index contributed by atoms with van der Waals surface area (Å²) in [4.78, 5) is 12.9. The Bertz CT molecular complexity index is 1160. The number of carbonyl (C=O) groups is 1. The summed E-state index contributed by atoms with van der Waals surface area (Å²) >= 11 is 0. The van der Waals surface area contributed by atoms with Crippen LogP contribution < -0.4 is 0 Å². The van der Waals surface area contributed by atoms with Crippen LogP contribution in [0, 0.1) is 0 Å². The third-order valence-electron chi connectivity index (χ3n) is 5.11. The highest BCUT2D eigenvalue weighted by molar-refractivity contribution is 6.07. The monoisotopic (exact) mass is 320 g/mol. The number of allylic oxidation sites excluding steroid dienone is 1. The quantitative estimate of drug-likeness (QED) is 0.438. The molecular formula is C24H16O. The average Bonchev–Trinajstić information content (AvgIpc) is 2.66. The molecule has 0 aliphatic heterocycles. The zero-order valence-corrected chi connectivity index (χ0v) is 13.6. The van der Waals surface area contributed by atoms with Crippen LogP contribution in [0.3, 0.4) is 0 Å². The van der Waals surface area contributed by atoms with Crippen molar-refractivity contribution in [3.05, 3.63) is 102 Å². The fraction of sp³-hybridized carbons (Fsp3) is 0.0417. The summed E-state index contributed by atoms with van der Waals surface area (Å²) in [6, 6.07) is 27.2. The molecule has 4 aromatic rings. The van der Waals surface area contributed by atoms with Crippen molar-refractivity contribution in [2.75, 3.05) is 0 Å². The van der Waals surface area contributed by atoms with Crippen LogP contribution in [0.2, 0.25) is 0 Å². The van der Waals surface area contributed by atoms with E-state index in [0.29, 0.717) is 0 Å². The van der Waals surface area contributed by atoms with Crippen molar-refractivity contribution in [3.8, 4) is 0 Å². The summed E-state index contributed by atoms with van der Waals surface area (Å²) in [6.07, 6.45) is 3.68. The first-order valence-corrected chi connectivity index (χ1v) is 8.53. The molecule has 0 saturated heterocycles. The molecule has 4 aromatic carbocycles. The minimum Gasteiger partial charge on any atom is -0.294 e. The van der Waals surface area contributed by atoms with E-state index in [9.17, 15) is 4.79 Å². The molecule has 0 heterocycles. The highest BCUT2D eigenvalue weighted by atomic mass is 16.1. The Hall–Kier alpha value is -3.19. The molecule has 1 atom stereocenters. The molecule has 25 heavy (non-hydrogen) atoms. The first-order chi connectivity index (χ1) is 12.3. The summed E-state index contributed by atoms with van der Waals surface area (Å²) < 4.78 is 0. The van der Waals surface area contributed by atoms with Gasteiger partial charge < -0.3 is 0 Å². The van der Waals surface area contributed by atoms with Gasteiger partial charge in [-0.15, -0.1) is 0 Å². The molecule has 0 amide bonds. The lowest BCUT2D eigenvalue weighted by Crippen LogP contribution is -2.16. The number of rotatable bonds is 1. The highest BCUT2D eigenvalue weighted by Gasteiger charge is 2.27. The van der Waals surface area contributed by atoms with Crippen LogP contribution in [0.5, 0.6) is 0 Å². The van der Waals surface area contributed by atoms with E-state index in [2.05, 4.69) is 54.6 Å². The smallest absolute Gasteiger partial charge is 0.167 e. The minimum absolute atomic E-state index is 0.152. The number of benzene rings is 4. The Morgan fingerprint density at radius 1 is 0.600 bits per heavy atom. The second-order valence-corrected chi connectivity index (χ2v) is 6.57. The van der Waals surface area contributed by atoms with Gasteiger partial charge in [0, 0.05) is 0 Å². The zero-order chi connectivity index (χ0) is 16.8. The molecule has 0 spiro atoms. The maximum absolute atomic E-state index is 12.9. The fourth-order valence-electron chi connectivity index (χ4n) is 3.91. The molecule has 0 fully saturated rings. The molecule has 5 rings (SSSR count). The van der Waals surface area contributed by atoms with Gasteiger partial charge in [0.25, 0.3) is 0 Å². The zero-order valence-electron chi connectivity index (χ0n) is 13.6. The molecule has 0 bridgehead atoms. The van der Waals surface area contributed by atoms with Gasteiger partial charge in [0.15, 0.2) is 5.78 Å². The number of fused-ring (bicyclic) bond motifs is 3. The third-order valence-corrected chi connectivity index (χ3v) is 5.11. The summed E-state index contributed by atoms with van der Waals surface area (Å²) in [5, 5.41) is 4.70. The molecule has 1 heteroatoms. The normalized spacial score (nSPS) is 16.3. The maximum atomic E-state index is 12.9. The Kier molecular flexibility index (Phi) is 3.07. The largest absolute Gasteiger partial charge is 0.294 e. The van der Waals surface area contributed by atoms with Crippen LogP contribution in [0.4, 0.5) is 0 Å². The van der Waals surface area contributed by atoms with Crippen LogP contribution >= 0.6 is 0 Å². The van der Waals surface area contributed by atoms with E-state index >= 15 is 0 Å². The van der Waals surface area contributed by atoms with Gasteiger partial charge in [0.2, 0.25) is 0 Å². The molecule has 1 aliphatic carbocycles. The van der Waals surface area contributed by atoms with Crippen LogP contribution in [-0.2, 0) is 4.79 Å². The van der Waals surface area contributed by atoms with Crippen molar-refractivity contribution in [2.24, 2.45) is 0 Å².